The fourth-order valence-electron chi connectivity index (χ4n) is 5.07. The average molecular weight is 563 g/mol. The maximum Gasteiger partial charge on any atom is 0.273 e. The summed E-state index contributed by atoms with van der Waals surface area (Å²) >= 11 is 0. The molecule has 0 saturated carbocycles. The van der Waals surface area contributed by atoms with E-state index in [1.165, 1.54) is 16.9 Å². The number of aromatic nitrogens is 2. The second kappa shape index (κ2) is 12.7. The van der Waals surface area contributed by atoms with Gasteiger partial charge in [-0.05, 0) is 87.3 Å². The van der Waals surface area contributed by atoms with E-state index < -0.39 is 11.6 Å². The van der Waals surface area contributed by atoms with Gasteiger partial charge in [-0.1, -0.05) is 12.1 Å². The highest BCUT2D eigenvalue weighted by Crippen LogP contribution is 2.32. The van der Waals surface area contributed by atoms with Crippen molar-refractivity contribution >= 4 is 28.2 Å². The largest absolute Gasteiger partial charge is 0.372 e. The van der Waals surface area contributed by atoms with Crippen LogP contribution in [0.2, 0.25) is 0 Å². The summed E-state index contributed by atoms with van der Waals surface area (Å²) < 4.78 is 33.2. The van der Waals surface area contributed by atoms with Gasteiger partial charge in [-0.25, -0.2) is 14.2 Å². The standard InChI is InChI=1S/C31H36F2N6O2/c1-37(2)12-13-38(3)28-8-6-7-26(30(28)35-29-9-4-5-14-41-29)31(40)36-39-27-11-10-21(16-23(27)20-34-39)15-22-17-24(32)19-25(33)18-22/h6-8,10-11,16-20,29,35H,4-5,9,12-15H2,1-3H3,(H,36,40). The smallest absolute Gasteiger partial charge is 0.273 e. The molecule has 216 valence electrons. The molecule has 8 nitrogen and oxygen atoms in total. The first-order chi connectivity index (χ1) is 19.8. The highest BCUT2D eigenvalue weighted by molar-refractivity contribution is 6.07. The molecule has 1 unspecified atom stereocenters. The molecular formula is C31H36F2N6O2. The number of fused-ring (bicyclic) bond motifs is 1. The van der Waals surface area contributed by atoms with E-state index >= 15 is 0 Å². The van der Waals surface area contributed by atoms with E-state index in [0.29, 0.717) is 29.7 Å². The van der Waals surface area contributed by atoms with Crippen molar-refractivity contribution in [3.8, 4) is 0 Å². The summed E-state index contributed by atoms with van der Waals surface area (Å²) in [5, 5.41) is 8.69. The van der Waals surface area contributed by atoms with Gasteiger partial charge in [0, 0.05) is 38.2 Å². The zero-order chi connectivity index (χ0) is 28.9. The molecule has 41 heavy (non-hydrogen) atoms. The quantitative estimate of drug-likeness (QED) is 0.276. The van der Waals surface area contributed by atoms with Gasteiger partial charge in [-0.2, -0.15) is 9.89 Å². The number of benzene rings is 3. The average Bonchev–Trinajstić information content (AvgIpc) is 3.33. The van der Waals surface area contributed by atoms with Gasteiger partial charge in [0.25, 0.3) is 5.91 Å². The van der Waals surface area contributed by atoms with Crippen LogP contribution in [0.5, 0.6) is 0 Å². The van der Waals surface area contributed by atoms with Crippen molar-refractivity contribution in [2.75, 3.05) is 56.5 Å². The van der Waals surface area contributed by atoms with Gasteiger partial charge in [-0.15, -0.1) is 0 Å². The van der Waals surface area contributed by atoms with Crippen molar-refractivity contribution in [2.45, 2.75) is 31.9 Å². The summed E-state index contributed by atoms with van der Waals surface area (Å²) in [5.74, 6) is -1.52. The van der Waals surface area contributed by atoms with E-state index in [1.807, 2.05) is 51.5 Å². The number of halogens is 2. The van der Waals surface area contributed by atoms with Crippen LogP contribution in [0.3, 0.4) is 0 Å². The molecule has 1 aromatic heterocycles. The Morgan fingerprint density at radius 1 is 1.02 bits per heavy atom. The molecule has 5 rings (SSSR count). The van der Waals surface area contributed by atoms with Gasteiger partial charge < -0.3 is 19.9 Å². The van der Waals surface area contributed by atoms with E-state index in [0.717, 1.165) is 60.7 Å². The number of nitrogens with one attached hydrogen (secondary N) is 2. The second-order valence-corrected chi connectivity index (χ2v) is 10.8. The molecule has 3 aromatic carbocycles. The first kappa shape index (κ1) is 28.5. The zero-order valence-electron chi connectivity index (χ0n) is 23.7. The van der Waals surface area contributed by atoms with Gasteiger partial charge in [0.2, 0.25) is 0 Å². The van der Waals surface area contributed by atoms with Crippen molar-refractivity contribution in [2.24, 2.45) is 0 Å². The lowest BCUT2D eigenvalue weighted by Gasteiger charge is -2.30. The molecule has 0 aliphatic carbocycles. The molecule has 10 heteroatoms. The lowest BCUT2D eigenvalue weighted by molar-refractivity contribution is 0.0343. The monoisotopic (exact) mass is 562 g/mol. The predicted octanol–water partition coefficient (Wildman–Crippen LogP) is 5.23. The summed E-state index contributed by atoms with van der Waals surface area (Å²) in [6.07, 6.45) is 4.82. The molecule has 2 N–H and O–H groups in total. The molecule has 1 aliphatic heterocycles. The van der Waals surface area contributed by atoms with Crippen molar-refractivity contribution in [1.82, 2.24) is 14.8 Å². The number of rotatable bonds is 10. The van der Waals surface area contributed by atoms with Crippen LogP contribution < -0.4 is 15.6 Å². The van der Waals surface area contributed by atoms with Crippen LogP contribution in [0.25, 0.3) is 10.9 Å². The number of likely N-dealkylation sites (N-methyl/N-ethyl adjacent to an activating group) is 2. The second-order valence-electron chi connectivity index (χ2n) is 10.8. The highest BCUT2D eigenvalue weighted by atomic mass is 19.1. The fraction of sp³-hybridized carbons (Fsp3) is 0.355. The maximum atomic E-state index is 13.7. The number of anilines is 2. The molecule has 1 aliphatic rings. The molecule has 1 saturated heterocycles. The van der Waals surface area contributed by atoms with Gasteiger partial charge >= 0.3 is 0 Å². The van der Waals surface area contributed by atoms with Crippen molar-refractivity contribution < 1.29 is 18.3 Å². The molecular weight excluding hydrogens is 526 g/mol. The maximum absolute atomic E-state index is 13.7. The minimum Gasteiger partial charge on any atom is -0.372 e. The van der Waals surface area contributed by atoms with E-state index in [-0.39, 0.29) is 12.1 Å². The fourth-order valence-corrected chi connectivity index (χ4v) is 5.07. The van der Waals surface area contributed by atoms with Crippen LogP contribution in [0, 0.1) is 11.6 Å². The Bertz CT molecular complexity index is 1500. The van der Waals surface area contributed by atoms with Crippen LogP contribution in [0.4, 0.5) is 20.2 Å². The molecule has 0 radical (unpaired) electrons. The van der Waals surface area contributed by atoms with Gasteiger partial charge in [0.15, 0.2) is 0 Å². The highest BCUT2D eigenvalue weighted by Gasteiger charge is 2.22. The minimum atomic E-state index is -0.603. The Hall–Kier alpha value is -4.02. The Morgan fingerprint density at radius 3 is 2.56 bits per heavy atom. The van der Waals surface area contributed by atoms with E-state index in [9.17, 15) is 13.6 Å². The normalized spacial score (nSPS) is 15.3. The summed E-state index contributed by atoms with van der Waals surface area (Å²) in [7, 11) is 6.08. The van der Waals surface area contributed by atoms with Crippen LogP contribution >= 0.6 is 0 Å². The Morgan fingerprint density at radius 2 is 1.83 bits per heavy atom. The summed E-state index contributed by atoms with van der Waals surface area (Å²) in [4.78, 5) is 19.4. The Kier molecular flexibility index (Phi) is 8.80. The Labute approximate surface area is 238 Å². The summed E-state index contributed by atoms with van der Waals surface area (Å²) in [6, 6.07) is 14.8. The van der Waals surface area contributed by atoms with E-state index in [4.69, 9.17) is 4.74 Å². The number of amides is 1. The first-order valence-electron chi connectivity index (χ1n) is 13.9. The number of hydrogen-bond donors (Lipinski definition) is 2. The van der Waals surface area contributed by atoms with Crippen molar-refractivity contribution in [1.29, 1.82) is 0 Å². The van der Waals surface area contributed by atoms with Gasteiger partial charge in [0.05, 0.1) is 28.7 Å². The van der Waals surface area contributed by atoms with Crippen LogP contribution in [0.1, 0.15) is 40.7 Å². The molecule has 0 bridgehead atoms. The molecule has 0 spiro atoms. The third kappa shape index (κ3) is 7.01. The van der Waals surface area contributed by atoms with Crippen molar-refractivity contribution in [3.05, 3.63) is 89.1 Å². The molecule has 4 aromatic rings. The number of nitrogens with zero attached hydrogens (tertiary/aromatic N) is 4. The summed E-state index contributed by atoms with van der Waals surface area (Å²) in [5.41, 5.74) is 7.17. The van der Waals surface area contributed by atoms with Crippen molar-refractivity contribution in [3.63, 3.8) is 0 Å². The lowest BCUT2D eigenvalue weighted by Crippen LogP contribution is -2.33. The van der Waals surface area contributed by atoms with Gasteiger partial charge in [0.1, 0.15) is 17.9 Å². The van der Waals surface area contributed by atoms with E-state index in [1.54, 1.807) is 12.3 Å². The number of carbonyl (C=O) groups is 1. The third-order valence-corrected chi connectivity index (χ3v) is 7.24. The molecule has 1 fully saturated rings. The number of para-hydroxylation sites is 1. The topological polar surface area (TPSA) is 74.7 Å². The Balaban J connectivity index is 1.39. The SMILES string of the molecule is CN(C)CCN(C)c1cccc(C(=O)Nn2ncc3cc(Cc4cc(F)cc(F)c4)ccc32)c1NC1CCCCO1. The molecule has 1 amide bonds. The summed E-state index contributed by atoms with van der Waals surface area (Å²) in [6.45, 7) is 2.33. The third-order valence-electron chi connectivity index (χ3n) is 7.24. The number of hydrogen-bond acceptors (Lipinski definition) is 6. The number of ether oxygens (including phenoxy) is 1. The van der Waals surface area contributed by atoms with Crippen LogP contribution in [-0.4, -0.2) is 67.8 Å². The van der Waals surface area contributed by atoms with Crippen LogP contribution in [0.15, 0.2) is 60.8 Å². The van der Waals surface area contributed by atoms with Crippen LogP contribution in [-0.2, 0) is 11.2 Å². The lowest BCUT2D eigenvalue weighted by atomic mass is 10.0. The number of carbonyl (C=O) groups excluding carboxylic acids is 1. The molecule has 2 heterocycles. The van der Waals surface area contributed by atoms with Gasteiger partial charge in [-0.3, -0.25) is 4.79 Å². The zero-order valence-corrected chi connectivity index (χ0v) is 23.7. The minimum absolute atomic E-state index is 0.172. The predicted molar refractivity (Wildman–Crippen MR) is 158 cm³/mol. The first-order valence-corrected chi connectivity index (χ1v) is 13.9. The molecule has 1 atom stereocenters. The van der Waals surface area contributed by atoms with E-state index in [2.05, 4.69) is 25.6 Å².